The molecule has 3 rings (SSSR count). The van der Waals surface area contributed by atoms with Gasteiger partial charge in [0.2, 0.25) is 0 Å². The fourth-order valence-corrected chi connectivity index (χ4v) is 2.58. The first kappa shape index (κ1) is 10.3. The topological polar surface area (TPSA) is 0 Å². The van der Waals surface area contributed by atoms with E-state index >= 15 is 0 Å². The molecular formula is C17H16. The maximum absolute atomic E-state index is 2.44. The molecule has 0 bridgehead atoms. The van der Waals surface area contributed by atoms with Crippen LogP contribution in [0, 0.1) is 0 Å². The second-order valence-electron chi connectivity index (χ2n) is 4.61. The maximum atomic E-state index is 2.44. The second-order valence-corrected chi connectivity index (χ2v) is 4.61. The molecule has 2 aromatic carbocycles. The van der Waals surface area contributed by atoms with E-state index in [1.165, 1.54) is 29.5 Å². The molecule has 0 aliphatic heterocycles. The highest BCUT2D eigenvalue weighted by atomic mass is 14.2. The molecule has 0 unspecified atom stereocenters. The minimum Gasteiger partial charge on any atom is -0.0732 e. The highest BCUT2D eigenvalue weighted by Gasteiger charge is 2.17. The van der Waals surface area contributed by atoms with Gasteiger partial charge in [0.05, 0.1) is 0 Å². The van der Waals surface area contributed by atoms with Crippen molar-refractivity contribution in [2.45, 2.75) is 18.8 Å². The summed E-state index contributed by atoms with van der Waals surface area (Å²) in [5.74, 6) is 0.603. The van der Waals surface area contributed by atoms with Crippen molar-refractivity contribution in [3.05, 3.63) is 77.9 Å². The van der Waals surface area contributed by atoms with Gasteiger partial charge < -0.3 is 0 Å². The van der Waals surface area contributed by atoms with E-state index in [0.29, 0.717) is 5.92 Å². The number of allylic oxidation sites excluding steroid dienone is 2. The molecule has 0 N–H and O–H groups in total. The average molecular weight is 220 g/mol. The normalized spacial score (nSPS) is 19.1. The standard InChI is InChI=1S/C17H16/c1-3-7-14(8-4-1)16-11-12-17(13-16)15-9-5-2-6-10-15/h1-10,13,16H,11-12H2/t16-/m0/s1. The quantitative estimate of drug-likeness (QED) is 0.691. The molecule has 0 aromatic heterocycles. The van der Waals surface area contributed by atoms with Gasteiger partial charge in [0, 0.05) is 5.92 Å². The molecule has 0 saturated heterocycles. The molecule has 84 valence electrons. The number of benzene rings is 2. The zero-order valence-electron chi connectivity index (χ0n) is 9.84. The van der Waals surface area contributed by atoms with Crippen LogP contribution in [0.2, 0.25) is 0 Å². The summed E-state index contributed by atoms with van der Waals surface area (Å²) in [4.78, 5) is 0. The zero-order chi connectivity index (χ0) is 11.5. The smallest absolute Gasteiger partial charge is 0.00271 e. The van der Waals surface area contributed by atoms with Crippen LogP contribution >= 0.6 is 0 Å². The van der Waals surface area contributed by atoms with Crippen molar-refractivity contribution >= 4 is 5.57 Å². The Morgan fingerprint density at radius 2 is 1.41 bits per heavy atom. The molecule has 0 heteroatoms. The Labute approximate surface area is 103 Å². The van der Waals surface area contributed by atoms with E-state index in [2.05, 4.69) is 66.7 Å². The Balaban J connectivity index is 1.87. The zero-order valence-corrected chi connectivity index (χ0v) is 9.84. The summed E-state index contributed by atoms with van der Waals surface area (Å²) < 4.78 is 0. The van der Waals surface area contributed by atoms with Crippen LogP contribution in [-0.2, 0) is 0 Å². The van der Waals surface area contributed by atoms with Gasteiger partial charge in [0.15, 0.2) is 0 Å². The number of hydrogen-bond acceptors (Lipinski definition) is 0. The number of rotatable bonds is 2. The monoisotopic (exact) mass is 220 g/mol. The van der Waals surface area contributed by atoms with Crippen LogP contribution in [0.1, 0.15) is 29.9 Å². The highest BCUT2D eigenvalue weighted by Crippen LogP contribution is 2.37. The summed E-state index contributed by atoms with van der Waals surface area (Å²) in [6, 6.07) is 21.5. The molecule has 0 heterocycles. The van der Waals surface area contributed by atoms with Crippen LogP contribution in [-0.4, -0.2) is 0 Å². The van der Waals surface area contributed by atoms with Crippen molar-refractivity contribution < 1.29 is 0 Å². The first-order valence-electron chi connectivity index (χ1n) is 6.24. The summed E-state index contributed by atoms with van der Waals surface area (Å²) in [7, 11) is 0. The molecule has 1 atom stereocenters. The van der Waals surface area contributed by atoms with Crippen LogP contribution in [0.25, 0.3) is 5.57 Å². The van der Waals surface area contributed by atoms with Crippen LogP contribution in [0.4, 0.5) is 0 Å². The van der Waals surface area contributed by atoms with E-state index in [1.807, 2.05) is 0 Å². The molecule has 0 nitrogen and oxygen atoms in total. The molecule has 2 aromatic rings. The van der Waals surface area contributed by atoms with E-state index in [-0.39, 0.29) is 0 Å². The Morgan fingerprint density at radius 3 is 2.12 bits per heavy atom. The van der Waals surface area contributed by atoms with Crippen molar-refractivity contribution in [1.82, 2.24) is 0 Å². The molecular weight excluding hydrogens is 204 g/mol. The summed E-state index contributed by atoms with van der Waals surface area (Å²) >= 11 is 0. The third-order valence-electron chi connectivity index (χ3n) is 3.50. The van der Waals surface area contributed by atoms with Crippen LogP contribution < -0.4 is 0 Å². The molecule has 1 aliphatic rings. The van der Waals surface area contributed by atoms with Crippen LogP contribution in [0.15, 0.2) is 66.7 Å². The van der Waals surface area contributed by atoms with Crippen molar-refractivity contribution in [2.75, 3.05) is 0 Å². The second kappa shape index (κ2) is 4.58. The summed E-state index contributed by atoms with van der Waals surface area (Å²) in [6.07, 6.45) is 4.88. The lowest BCUT2D eigenvalue weighted by Gasteiger charge is -2.05. The van der Waals surface area contributed by atoms with E-state index in [1.54, 1.807) is 0 Å². The van der Waals surface area contributed by atoms with Gasteiger partial charge in [-0.05, 0) is 29.5 Å². The third kappa shape index (κ3) is 2.16. The van der Waals surface area contributed by atoms with Crippen molar-refractivity contribution in [1.29, 1.82) is 0 Å². The van der Waals surface area contributed by atoms with Gasteiger partial charge in [0.1, 0.15) is 0 Å². The Morgan fingerprint density at radius 1 is 0.765 bits per heavy atom. The Bertz CT molecular complexity index is 508. The Hall–Kier alpha value is -1.82. The lowest BCUT2D eigenvalue weighted by molar-refractivity contribution is 0.803. The fraction of sp³-hybridized carbons (Fsp3) is 0.176. The van der Waals surface area contributed by atoms with Crippen molar-refractivity contribution in [3.63, 3.8) is 0 Å². The molecule has 0 radical (unpaired) electrons. The molecule has 0 fully saturated rings. The molecule has 1 aliphatic carbocycles. The first-order valence-corrected chi connectivity index (χ1v) is 6.24. The minimum absolute atomic E-state index is 0.603. The predicted molar refractivity (Wildman–Crippen MR) is 72.8 cm³/mol. The average Bonchev–Trinajstić information content (AvgIpc) is 2.90. The van der Waals surface area contributed by atoms with Gasteiger partial charge in [-0.1, -0.05) is 66.7 Å². The summed E-state index contributed by atoms with van der Waals surface area (Å²) in [5, 5.41) is 0. The molecule has 0 spiro atoms. The third-order valence-corrected chi connectivity index (χ3v) is 3.50. The van der Waals surface area contributed by atoms with Gasteiger partial charge in [-0.25, -0.2) is 0 Å². The van der Waals surface area contributed by atoms with Crippen molar-refractivity contribution in [3.8, 4) is 0 Å². The van der Waals surface area contributed by atoms with Gasteiger partial charge in [-0.15, -0.1) is 0 Å². The van der Waals surface area contributed by atoms with Gasteiger partial charge in [0.25, 0.3) is 0 Å². The summed E-state index contributed by atoms with van der Waals surface area (Å²) in [6.45, 7) is 0. The minimum atomic E-state index is 0.603. The fourth-order valence-electron chi connectivity index (χ4n) is 2.58. The van der Waals surface area contributed by atoms with E-state index in [0.717, 1.165) is 0 Å². The highest BCUT2D eigenvalue weighted by molar-refractivity contribution is 5.68. The van der Waals surface area contributed by atoms with Crippen molar-refractivity contribution in [2.24, 2.45) is 0 Å². The van der Waals surface area contributed by atoms with Gasteiger partial charge in [-0.2, -0.15) is 0 Å². The van der Waals surface area contributed by atoms with Gasteiger partial charge >= 0.3 is 0 Å². The number of hydrogen-bond donors (Lipinski definition) is 0. The van der Waals surface area contributed by atoms with E-state index in [9.17, 15) is 0 Å². The Kier molecular flexibility index (Phi) is 2.79. The molecule has 0 amide bonds. The summed E-state index contributed by atoms with van der Waals surface area (Å²) in [5.41, 5.74) is 4.32. The van der Waals surface area contributed by atoms with Crippen LogP contribution in [0.5, 0.6) is 0 Å². The molecule has 17 heavy (non-hydrogen) atoms. The van der Waals surface area contributed by atoms with E-state index < -0.39 is 0 Å². The largest absolute Gasteiger partial charge is 0.0732 e. The van der Waals surface area contributed by atoms with E-state index in [4.69, 9.17) is 0 Å². The lowest BCUT2D eigenvalue weighted by atomic mass is 9.99. The maximum Gasteiger partial charge on any atom is 0.00271 e. The van der Waals surface area contributed by atoms with Gasteiger partial charge in [-0.3, -0.25) is 0 Å². The predicted octanol–water partition coefficient (Wildman–Crippen LogP) is 4.65. The molecule has 0 saturated carbocycles. The SMILES string of the molecule is C1=C(c2ccccc2)CC[C@@H]1c1ccccc1. The van der Waals surface area contributed by atoms with Crippen LogP contribution in [0.3, 0.4) is 0 Å². The first-order chi connectivity index (χ1) is 8.43. The lowest BCUT2D eigenvalue weighted by Crippen LogP contribution is -1.88.